The van der Waals surface area contributed by atoms with Gasteiger partial charge in [0, 0.05) is 12.6 Å². The minimum atomic E-state index is 0.677. The molecule has 1 heterocycles. The van der Waals surface area contributed by atoms with E-state index in [0.717, 1.165) is 0 Å². The largest absolute Gasteiger partial charge is 0.301 e. The molecule has 59 valence electrons. The van der Waals surface area contributed by atoms with E-state index in [4.69, 9.17) is 0 Å². The van der Waals surface area contributed by atoms with Crippen molar-refractivity contribution in [3.05, 3.63) is 6.92 Å². The van der Waals surface area contributed by atoms with Crippen LogP contribution in [0.25, 0.3) is 0 Å². The lowest BCUT2D eigenvalue weighted by Crippen LogP contribution is -2.39. The van der Waals surface area contributed by atoms with Gasteiger partial charge in [0.2, 0.25) is 0 Å². The van der Waals surface area contributed by atoms with Crippen LogP contribution in [0.5, 0.6) is 0 Å². The number of piperidine rings is 1. The zero-order valence-corrected chi connectivity index (χ0v) is 7.14. The standard InChI is InChI=1S/C9H18N/c1-8(2)10-6-4-5-9(3)7-10/h8-9H,3-7H2,1-2H3. The molecule has 0 aliphatic carbocycles. The predicted molar refractivity (Wildman–Crippen MR) is 44.8 cm³/mol. The lowest BCUT2D eigenvalue weighted by molar-refractivity contribution is 0.157. The van der Waals surface area contributed by atoms with E-state index in [1.165, 1.54) is 25.9 Å². The first-order valence-electron chi connectivity index (χ1n) is 4.27. The van der Waals surface area contributed by atoms with Gasteiger partial charge < -0.3 is 4.90 Å². The van der Waals surface area contributed by atoms with E-state index in [2.05, 4.69) is 25.7 Å². The van der Waals surface area contributed by atoms with Crippen molar-refractivity contribution in [1.82, 2.24) is 4.90 Å². The summed E-state index contributed by atoms with van der Waals surface area (Å²) in [6, 6.07) is 0.713. The lowest BCUT2D eigenvalue weighted by atomic mass is 9.99. The number of hydrogen-bond donors (Lipinski definition) is 0. The van der Waals surface area contributed by atoms with Crippen LogP contribution in [0.2, 0.25) is 0 Å². The average molecular weight is 140 g/mol. The van der Waals surface area contributed by atoms with Gasteiger partial charge in [0.05, 0.1) is 0 Å². The van der Waals surface area contributed by atoms with Crippen LogP contribution < -0.4 is 0 Å². The maximum atomic E-state index is 4.09. The molecule has 0 N–H and O–H groups in total. The van der Waals surface area contributed by atoms with Crippen molar-refractivity contribution in [2.45, 2.75) is 32.7 Å². The molecule has 10 heavy (non-hydrogen) atoms. The van der Waals surface area contributed by atoms with Gasteiger partial charge in [-0.15, -0.1) is 0 Å². The Hall–Kier alpha value is -0.0400. The summed E-state index contributed by atoms with van der Waals surface area (Å²) < 4.78 is 0. The van der Waals surface area contributed by atoms with Crippen LogP contribution in [0.4, 0.5) is 0 Å². The van der Waals surface area contributed by atoms with E-state index in [0.29, 0.717) is 12.0 Å². The third-order valence-corrected chi connectivity index (χ3v) is 2.28. The van der Waals surface area contributed by atoms with Gasteiger partial charge in [-0.2, -0.15) is 0 Å². The Morgan fingerprint density at radius 1 is 1.50 bits per heavy atom. The molecular formula is C9H18N. The summed E-state index contributed by atoms with van der Waals surface area (Å²) in [5, 5.41) is 0. The second-order valence-corrected chi connectivity index (χ2v) is 3.60. The topological polar surface area (TPSA) is 3.24 Å². The molecule has 1 atom stereocenters. The molecule has 0 aromatic heterocycles. The highest BCUT2D eigenvalue weighted by Gasteiger charge is 2.17. The Balaban J connectivity index is 2.32. The first-order valence-corrected chi connectivity index (χ1v) is 4.27. The van der Waals surface area contributed by atoms with Crippen LogP contribution in [0.1, 0.15) is 26.7 Å². The molecule has 0 saturated carbocycles. The van der Waals surface area contributed by atoms with E-state index in [1.54, 1.807) is 0 Å². The van der Waals surface area contributed by atoms with Gasteiger partial charge in [0.15, 0.2) is 0 Å². The van der Waals surface area contributed by atoms with Crippen LogP contribution in [-0.2, 0) is 0 Å². The lowest BCUT2D eigenvalue weighted by Gasteiger charge is -2.33. The van der Waals surface area contributed by atoms with Crippen molar-refractivity contribution in [2.24, 2.45) is 5.92 Å². The van der Waals surface area contributed by atoms with Gasteiger partial charge >= 0.3 is 0 Å². The molecule has 0 bridgehead atoms. The van der Waals surface area contributed by atoms with E-state index < -0.39 is 0 Å². The summed E-state index contributed by atoms with van der Waals surface area (Å²) >= 11 is 0. The third kappa shape index (κ3) is 1.98. The first-order chi connectivity index (χ1) is 4.70. The van der Waals surface area contributed by atoms with Gasteiger partial charge in [0.1, 0.15) is 0 Å². The maximum Gasteiger partial charge on any atom is 0.00387 e. The molecule has 1 heteroatoms. The van der Waals surface area contributed by atoms with Crippen molar-refractivity contribution >= 4 is 0 Å². The van der Waals surface area contributed by atoms with Crippen LogP contribution in [-0.4, -0.2) is 24.0 Å². The zero-order valence-electron chi connectivity index (χ0n) is 7.14. The molecule has 1 fully saturated rings. The monoisotopic (exact) mass is 140 g/mol. The molecule has 1 aliphatic rings. The minimum Gasteiger partial charge on any atom is -0.301 e. The summed E-state index contributed by atoms with van der Waals surface area (Å²) in [4.78, 5) is 2.52. The molecular weight excluding hydrogens is 122 g/mol. The van der Waals surface area contributed by atoms with E-state index >= 15 is 0 Å². The van der Waals surface area contributed by atoms with Crippen molar-refractivity contribution < 1.29 is 0 Å². The number of nitrogens with zero attached hydrogens (tertiary/aromatic N) is 1. The predicted octanol–water partition coefficient (Wildman–Crippen LogP) is 1.94. The molecule has 1 saturated heterocycles. The van der Waals surface area contributed by atoms with Crippen molar-refractivity contribution in [3.63, 3.8) is 0 Å². The molecule has 1 rings (SSSR count). The van der Waals surface area contributed by atoms with Crippen LogP contribution >= 0.6 is 0 Å². The molecule has 0 spiro atoms. The van der Waals surface area contributed by atoms with Crippen LogP contribution in [0.3, 0.4) is 0 Å². The van der Waals surface area contributed by atoms with Crippen molar-refractivity contribution in [1.29, 1.82) is 0 Å². The smallest absolute Gasteiger partial charge is 0.00387 e. The Bertz CT molecular complexity index is 98.9. The number of rotatable bonds is 1. The minimum absolute atomic E-state index is 0.677. The number of likely N-dealkylation sites (tertiary alicyclic amines) is 1. The molecule has 1 nitrogen and oxygen atoms in total. The molecule has 0 aromatic rings. The van der Waals surface area contributed by atoms with Gasteiger partial charge in [-0.05, 0) is 46.1 Å². The van der Waals surface area contributed by atoms with Crippen molar-refractivity contribution in [3.8, 4) is 0 Å². The van der Waals surface area contributed by atoms with Gasteiger partial charge in [0.25, 0.3) is 0 Å². The summed E-state index contributed by atoms with van der Waals surface area (Å²) in [5.41, 5.74) is 0. The third-order valence-electron chi connectivity index (χ3n) is 2.28. The maximum absolute atomic E-state index is 4.09. The van der Waals surface area contributed by atoms with E-state index in [1.807, 2.05) is 0 Å². The fourth-order valence-corrected chi connectivity index (χ4v) is 1.57. The van der Waals surface area contributed by atoms with Crippen molar-refractivity contribution in [2.75, 3.05) is 13.1 Å². The fourth-order valence-electron chi connectivity index (χ4n) is 1.57. The van der Waals surface area contributed by atoms with Crippen LogP contribution in [0.15, 0.2) is 0 Å². The quantitative estimate of drug-likeness (QED) is 0.538. The summed E-state index contributed by atoms with van der Waals surface area (Å²) in [6.07, 6.45) is 2.66. The summed E-state index contributed by atoms with van der Waals surface area (Å²) in [7, 11) is 0. The highest BCUT2D eigenvalue weighted by Crippen LogP contribution is 2.16. The molecule has 1 aliphatic heterocycles. The molecule has 0 aromatic carbocycles. The normalized spacial score (nSPS) is 29.4. The van der Waals surface area contributed by atoms with Gasteiger partial charge in [-0.1, -0.05) is 0 Å². The fraction of sp³-hybridized carbons (Fsp3) is 0.889. The molecule has 1 radical (unpaired) electrons. The Labute approximate surface area is 64.4 Å². The molecule has 0 amide bonds. The number of hydrogen-bond acceptors (Lipinski definition) is 1. The summed E-state index contributed by atoms with van der Waals surface area (Å²) in [5.74, 6) is 0.677. The second-order valence-electron chi connectivity index (χ2n) is 3.60. The second kappa shape index (κ2) is 3.38. The zero-order chi connectivity index (χ0) is 7.56. The van der Waals surface area contributed by atoms with Gasteiger partial charge in [-0.3, -0.25) is 0 Å². The van der Waals surface area contributed by atoms with E-state index in [-0.39, 0.29) is 0 Å². The highest BCUT2D eigenvalue weighted by molar-refractivity contribution is 4.75. The average Bonchev–Trinajstić information content (AvgIpc) is 1.88. The first kappa shape index (κ1) is 8.06. The summed E-state index contributed by atoms with van der Waals surface area (Å²) in [6.45, 7) is 11.1. The SMILES string of the molecule is [CH2]C1CCCN(C(C)C)C1. The van der Waals surface area contributed by atoms with Crippen LogP contribution in [0, 0.1) is 12.8 Å². The van der Waals surface area contributed by atoms with E-state index in [9.17, 15) is 0 Å². The Morgan fingerprint density at radius 2 is 2.20 bits per heavy atom. The highest BCUT2D eigenvalue weighted by atomic mass is 15.1. The molecule has 1 unspecified atom stereocenters. The Kier molecular flexibility index (Phi) is 2.72. The van der Waals surface area contributed by atoms with Gasteiger partial charge in [-0.25, -0.2) is 0 Å². The Morgan fingerprint density at radius 3 is 2.60 bits per heavy atom.